The van der Waals surface area contributed by atoms with Crippen molar-refractivity contribution in [3.63, 3.8) is 0 Å². The molecule has 1 saturated carbocycles. The summed E-state index contributed by atoms with van der Waals surface area (Å²) in [5, 5.41) is 0. The standard InChI is InChI=1S/C11H18O3/c1-11(10(13)14-2)7-5-3-4-6-9(12)8-11/h3-8H2,1-2H3. The predicted molar refractivity (Wildman–Crippen MR) is 52.8 cm³/mol. The van der Waals surface area contributed by atoms with E-state index in [9.17, 15) is 9.59 Å². The maximum absolute atomic E-state index is 11.5. The minimum atomic E-state index is -0.577. The second kappa shape index (κ2) is 4.58. The highest BCUT2D eigenvalue weighted by Gasteiger charge is 2.36. The SMILES string of the molecule is COC(=O)C1(C)CCCCCC(=O)C1. The Kier molecular flexibility index (Phi) is 3.67. The molecule has 0 radical (unpaired) electrons. The molecule has 0 amide bonds. The van der Waals surface area contributed by atoms with Gasteiger partial charge >= 0.3 is 5.97 Å². The number of carbonyl (C=O) groups is 2. The van der Waals surface area contributed by atoms with Crippen LogP contribution >= 0.6 is 0 Å². The summed E-state index contributed by atoms with van der Waals surface area (Å²) in [5.74, 6) is -0.0506. The minimum Gasteiger partial charge on any atom is -0.469 e. The summed E-state index contributed by atoms with van der Waals surface area (Å²) in [4.78, 5) is 23.0. The molecule has 0 bridgehead atoms. The molecule has 0 aromatic carbocycles. The number of ketones is 1. The number of esters is 1. The largest absolute Gasteiger partial charge is 0.469 e. The van der Waals surface area contributed by atoms with Gasteiger partial charge in [-0.3, -0.25) is 9.59 Å². The van der Waals surface area contributed by atoms with Crippen LogP contribution in [0.25, 0.3) is 0 Å². The number of rotatable bonds is 1. The number of Topliss-reactive ketones (excluding diaryl/α,β-unsaturated/α-hetero) is 1. The Bertz CT molecular complexity index is 235. The first-order chi connectivity index (χ1) is 6.58. The van der Waals surface area contributed by atoms with E-state index in [1.54, 1.807) is 0 Å². The van der Waals surface area contributed by atoms with E-state index < -0.39 is 5.41 Å². The minimum absolute atomic E-state index is 0.192. The zero-order chi connectivity index (χ0) is 10.6. The molecule has 1 rings (SSSR count). The lowest BCUT2D eigenvalue weighted by atomic mass is 9.77. The number of carbonyl (C=O) groups excluding carboxylic acids is 2. The van der Waals surface area contributed by atoms with Gasteiger partial charge in [-0.2, -0.15) is 0 Å². The van der Waals surface area contributed by atoms with E-state index in [1.807, 2.05) is 6.92 Å². The molecule has 1 atom stereocenters. The van der Waals surface area contributed by atoms with Crippen molar-refractivity contribution in [3.05, 3.63) is 0 Å². The first-order valence-electron chi connectivity index (χ1n) is 5.18. The fourth-order valence-corrected chi connectivity index (χ4v) is 2.05. The molecule has 0 aromatic rings. The van der Waals surface area contributed by atoms with Crippen molar-refractivity contribution in [1.82, 2.24) is 0 Å². The highest BCUT2D eigenvalue weighted by Crippen LogP contribution is 2.33. The van der Waals surface area contributed by atoms with Crippen LogP contribution < -0.4 is 0 Å². The van der Waals surface area contributed by atoms with Gasteiger partial charge in [0.25, 0.3) is 0 Å². The van der Waals surface area contributed by atoms with E-state index >= 15 is 0 Å². The topological polar surface area (TPSA) is 43.4 Å². The van der Waals surface area contributed by atoms with Gasteiger partial charge < -0.3 is 4.74 Å². The van der Waals surface area contributed by atoms with Crippen molar-refractivity contribution in [2.75, 3.05) is 7.11 Å². The Labute approximate surface area is 84.8 Å². The monoisotopic (exact) mass is 198 g/mol. The van der Waals surface area contributed by atoms with Gasteiger partial charge in [-0.05, 0) is 19.8 Å². The van der Waals surface area contributed by atoms with Crippen molar-refractivity contribution >= 4 is 11.8 Å². The average Bonchev–Trinajstić information content (AvgIpc) is 2.13. The molecular weight excluding hydrogens is 180 g/mol. The molecule has 0 spiro atoms. The van der Waals surface area contributed by atoms with Crippen LogP contribution in [0.5, 0.6) is 0 Å². The van der Waals surface area contributed by atoms with Crippen LogP contribution in [-0.4, -0.2) is 18.9 Å². The molecule has 0 N–H and O–H groups in total. The van der Waals surface area contributed by atoms with Crippen molar-refractivity contribution in [3.8, 4) is 0 Å². The molecule has 0 heterocycles. The molecule has 0 saturated heterocycles. The molecular formula is C11H18O3. The van der Waals surface area contributed by atoms with Crippen LogP contribution in [-0.2, 0) is 14.3 Å². The third kappa shape index (κ3) is 2.56. The lowest BCUT2D eigenvalue weighted by molar-refractivity contribution is -0.154. The Morgan fingerprint density at radius 2 is 2.07 bits per heavy atom. The Balaban J connectivity index is 2.71. The zero-order valence-corrected chi connectivity index (χ0v) is 8.97. The number of methoxy groups -OCH3 is 1. The first kappa shape index (κ1) is 11.2. The normalized spacial score (nSPS) is 29.1. The van der Waals surface area contributed by atoms with Crippen LogP contribution in [0.3, 0.4) is 0 Å². The van der Waals surface area contributed by atoms with Crippen molar-refractivity contribution in [1.29, 1.82) is 0 Å². The first-order valence-corrected chi connectivity index (χ1v) is 5.18. The molecule has 80 valence electrons. The molecule has 3 heteroatoms. The summed E-state index contributed by atoms with van der Waals surface area (Å²) >= 11 is 0. The third-order valence-electron chi connectivity index (χ3n) is 2.95. The molecule has 1 unspecified atom stereocenters. The molecule has 1 fully saturated rings. The van der Waals surface area contributed by atoms with E-state index in [4.69, 9.17) is 4.74 Å². The van der Waals surface area contributed by atoms with Gasteiger partial charge in [0, 0.05) is 12.8 Å². The van der Waals surface area contributed by atoms with Crippen LogP contribution in [0.2, 0.25) is 0 Å². The smallest absolute Gasteiger partial charge is 0.311 e. The maximum Gasteiger partial charge on any atom is 0.311 e. The number of ether oxygens (including phenoxy) is 1. The van der Waals surface area contributed by atoms with Gasteiger partial charge in [-0.15, -0.1) is 0 Å². The van der Waals surface area contributed by atoms with Crippen molar-refractivity contribution < 1.29 is 14.3 Å². The maximum atomic E-state index is 11.5. The van der Waals surface area contributed by atoms with Crippen LogP contribution in [0.4, 0.5) is 0 Å². The highest BCUT2D eigenvalue weighted by molar-refractivity contribution is 5.86. The third-order valence-corrected chi connectivity index (χ3v) is 2.95. The Hall–Kier alpha value is -0.860. The van der Waals surface area contributed by atoms with E-state index in [0.717, 1.165) is 25.7 Å². The van der Waals surface area contributed by atoms with Crippen molar-refractivity contribution in [2.45, 2.75) is 45.4 Å². The second-order valence-corrected chi connectivity index (χ2v) is 4.33. The van der Waals surface area contributed by atoms with Crippen LogP contribution in [0, 0.1) is 5.41 Å². The van der Waals surface area contributed by atoms with Crippen molar-refractivity contribution in [2.24, 2.45) is 5.41 Å². The molecule has 0 aromatic heterocycles. The second-order valence-electron chi connectivity index (χ2n) is 4.33. The summed E-state index contributed by atoms with van der Waals surface area (Å²) < 4.78 is 4.75. The molecule has 14 heavy (non-hydrogen) atoms. The summed E-state index contributed by atoms with van der Waals surface area (Å²) in [6.45, 7) is 1.84. The van der Waals surface area contributed by atoms with E-state index in [1.165, 1.54) is 7.11 Å². The van der Waals surface area contributed by atoms with E-state index in [2.05, 4.69) is 0 Å². The average molecular weight is 198 g/mol. The van der Waals surface area contributed by atoms with Crippen LogP contribution in [0.1, 0.15) is 45.4 Å². The predicted octanol–water partition coefficient (Wildman–Crippen LogP) is 2.09. The van der Waals surface area contributed by atoms with Gasteiger partial charge in [0.1, 0.15) is 5.78 Å². The lowest BCUT2D eigenvalue weighted by Crippen LogP contribution is -2.32. The fourth-order valence-electron chi connectivity index (χ4n) is 2.05. The molecule has 3 nitrogen and oxygen atoms in total. The highest BCUT2D eigenvalue weighted by atomic mass is 16.5. The molecule has 1 aliphatic carbocycles. The van der Waals surface area contributed by atoms with Gasteiger partial charge in [-0.25, -0.2) is 0 Å². The van der Waals surface area contributed by atoms with E-state index in [-0.39, 0.29) is 11.8 Å². The number of hydrogen-bond donors (Lipinski definition) is 0. The number of hydrogen-bond acceptors (Lipinski definition) is 3. The Morgan fingerprint density at radius 3 is 2.71 bits per heavy atom. The van der Waals surface area contributed by atoms with Gasteiger partial charge in [0.05, 0.1) is 12.5 Å². The van der Waals surface area contributed by atoms with Gasteiger partial charge in [0.15, 0.2) is 0 Å². The Morgan fingerprint density at radius 1 is 1.36 bits per heavy atom. The van der Waals surface area contributed by atoms with Gasteiger partial charge in [-0.1, -0.05) is 12.8 Å². The van der Waals surface area contributed by atoms with E-state index in [0.29, 0.717) is 12.8 Å². The summed E-state index contributed by atoms with van der Waals surface area (Å²) in [6.07, 6.45) is 4.75. The summed E-state index contributed by atoms with van der Waals surface area (Å²) in [7, 11) is 1.39. The fraction of sp³-hybridized carbons (Fsp3) is 0.818. The zero-order valence-electron chi connectivity index (χ0n) is 8.97. The quantitative estimate of drug-likeness (QED) is 0.606. The van der Waals surface area contributed by atoms with Crippen LogP contribution in [0.15, 0.2) is 0 Å². The van der Waals surface area contributed by atoms with Gasteiger partial charge in [0.2, 0.25) is 0 Å². The molecule has 1 aliphatic rings. The summed E-state index contributed by atoms with van der Waals surface area (Å²) in [6, 6.07) is 0. The summed E-state index contributed by atoms with van der Waals surface area (Å²) in [5.41, 5.74) is -0.577. The molecule has 0 aliphatic heterocycles. The lowest BCUT2D eigenvalue weighted by Gasteiger charge is -2.27.